The Balaban J connectivity index is 2.91. The van der Waals surface area contributed by atoms with Gasteiger partial charge in [0.15, 0.2) is 0 Å². The van der Waals surface area contributed by atoms with Crippen molar-refractivity contribution in [3.05, 3.63) is 27.7 Å². The number of benzene rings is 1. The summed E-state index contributed by atoms with van der Waals surface area (Å²) in [5, 5.41) is 0. The largest absolute Gasteiger partial charge is 0.493 e. The van der Waals surface area contributed by atoms with Gasteiger partial charge in [0.25, 0.3) is 0 Å². The van der Waals surface area contributed by atoms with Crippen LogP contribution >= 0.6 is 15.9 Å². The minimum Gasteiger partial charge on any atom is -0.493 e. The first kappa shape index (κ1) is 17.5. The lowest BCUT2D eigenvalue weighted by atomic mass is 10.0. The number of hydrogen-bond donors (Lipinski definition) is 1. The molecule has 1 atom stereocenters. The lowest BCUT2D eigenvalue weighted by Crippen LogP contribution is -2.22. The number of aryl methyl sites for hydroxylation is 1. The summed E-state index contributed by atoms with van der Waals surface area (Å²) in [5.74, 6) is 1.66. The van der Waals surface area contributed by atoms with E-state index in [9.17, 15) is 0 Å². The maximum Gasteiger partial charge on any atom is 0.125 e. The van der Waals surface area contributed by atoms with Crippen molar-refractivity contribution in [3.8, 4) is 5.75 Å². The molecule has 2 nitrogen and oxygen atoms in total. The highest BCUT2D eigenvalue weighted by Crippen LogP contribution is 2.30. The summed E-state index contributed by atoms with van der Waals surface area (Å²) in [6, 6.07) is 4.45. The molecule has 1 aromatic carbocycles. The smallest absolute Gasteiger partial charge is 0.125 e. The molecular weight excluding hydrogens is 314 g/mol. The van der Waals surface area contributed by atoms with E-state index in [1.165, 1.54) is 11.1 Å². The molecule has 0 saturated carbocycles. The van der Waals surface area contributed by atoms with Gasteiger partial charge in [0.1, 0.15) is 5.75 Å². The predicted octanol–water partition coefficient (Wildman–Crippen LogP) is 4.85. The van der Waals surface area contributed by atoms with Crippen molar-refractivity contribution >= 4 is 15.9 Å². The highest BCUT2D eigenvalue weighted by Gasteiger charge is 2.13. The van der Waals surface area contributed by atoms with Gasteiger partial charge < -0.3 is 10.5 Å². The van der Waals surface area contributed by atoms with Crippen molar-refractivity contribution in [2.75, 3.05) is 6.61 Å². The van der Waals surface area contributed by atoms with Crippen LogP contribution in [0.25, 0.3) is 0 Å². The van der Waals surface area contributed by atoms with Gasteiger partial charge >= 0.3 is 0 Å². The van der Waals surface area contributed by atoms with Crippen molar-refractivity contribution in [1.82, 2.24) is 0 Å². The molecule has 0 aromatic heterocycles. The van der Waals surface area contributed by atoms with Crippen LogP contribution in [0.3, 0.4) is 0 Å². The molecule has 0 aliphatic rings. The van der Waals surface area contributed by atoms with Crippen LogP contribution in [0.15, 0.2) is 16.6 Å². The molecule has 0 saturated heterocycles. The monoisotopic (exact) mass is 341 g/mol. The van der Waals surface area contributed by atoms with Crippen molar-refractivity contribution in [3.63, 3.8) is 0 Å². The van der Waals surface area contributed by atoms with E-state index < -0.39 is 0 Å². The lowest BCUT2D eigenvalue weighted by Gasteiger charge is -2.20. The Hall–Kier alpha value is -0.540. The van der Waals surface area contributed by atoms with Gasteiger partial charge in [-0.15, -0.1) is 0 Å². The van der Waals surface area contributed by atoms with Crippen molar-refractivity contribution in [2.24, 2.45) is 11.7 Å². The van der Waals surface area contributed by atoms with Gasteiger partial charge in [-0.2, -0.15) is 0 Å². The zero-order chi connectivity index (χ0) is 15.1. The van der Waals surface area contributed by atoms with Gasteiger partial charge in [-0.3, -0.25) is 0 Å². The second-order valence-corrected chi connectivity index (χ2v) is 6.49. The summed E-state index contributed by atoms with van der Waals surface area (Å²) in [5.41, 5.74) is 8.51. The van der Waals surface area contributed by atoms with Gasteiger partial charge in [-0.05, 0) is 48.9 Å². The fraction of sp³-hybridized carbons (Fsp3) is 0.647. The molecule has 0 amide bonds. The third-order valence-electron chi connectivity index (χ3n) is 3.94. The molecule has 1 aromatic rings. The number of halogens is 1. The molecule has 0 fully saturated rings. The van der Waals surface area contributed by atoms with Crippen molar-refractivity contribution in [2.45, 2.75) is 59.4 Å². The Kier molecular flexibility index (Phi) is 7.60. The van der Waals surface area contributed by atoms with Crippen molar-refractivity contribution in [1.29, 1.82) is 0 Å². The Labute approximate surface area is 132 Å². The van der Waals surface area contributed by atoms with Gasteiger partial charge in [0, 0.05) is 10.5 Å². The first-order valence-electron chi connectivity index (χ1n) is 7.69. The Morgan fingerprint density at radius 1 is 1.15 bits per heavy atom. The van der Waals surface area contributed by atoms with E-state index in [1.54, 1.807) is 0 Å². The van der Waals surface area contributed by atoms with E-state index in [-0.39, 0.29) is 6.04 Å². The normalized spacial score (nSPS) is 12.8. The van der Waals surface area contributed by atoms with Crippen LogP contribution in [0.4, 0.5) is 0 Å². The summed E-state index contributed by atoms with van der Waals surface area (Å²) in [7, 11) is 0. The molecule has 0 aliphatic heterocycles. The van der Waals surface area contributed by atoms with E-state index in [0.29, 0.717) is 5.92 Å². The van der Waals surface area contributed by atoms with Crippen LogP contribution in [-0.4, -0.2) is 12.6 Å². The molecule has 0 aliphatic carbocycles. The average Bonchev–Trinajstić information content (AvgIpc) is 2.41. The number of nitrogens with two attached hydrogens (primary N) is 1. The maximum absolute atomic E-state index is 6.14. The van der Waals surface area contributed by atoms with Crippen LogP contribution in [-0.2, 0) is 6.42 Å². The topological polar surface area (TPSA) is 35.2 Å². The fourth-order valence-corrected chi connectivity index (χ4v) is 2.93. The molecule has 0 heterocycles. The molecule has 3 heteroatoms. The fourth-order valence-electron chi connectivity index (χ4n) is 2.31. The Morgan fingerprint density at radius 3 is 2.35 bits per heavy atom. The van der Waals surface area contributed by atoms with Crippen LogP contribution in [0, 0.1) is 12.8 Å². The summed E-state index contributed by atoms with van der Waals surface area (Å²) in [4.78, 5) is 0. The number of ether oxygens (including phenoxy) is 1. The Bertz CT molecular complexity index is 416. The first-order chi connectivity index (χ1) is 9.51. The Morgan fingerprint density at radius 2 is 1.80 bits per heavy atom. The SMILES string of the molecule is CCC(N)Cc1cc(Br)cc(C)c1OCC(CC)CC. The minimum atomic E-state index is 0.194. The maximum atomic E-state index is 6.14. The molecule has 2 N–H and O–H groups in total. The zero-order valence-electron chi connectivity index (χ0n) is 13.2. The van der Waals surface area contributed by atoms with E-state index in [4.69, 9.17) is 10.5 Å². The van der Waals surface area contributed by atoms with Crippen LogP contribution in [0.5, 0.6) is 5.75 Å². The lowest BCUT2D eigenvalue weighted by molar-refractivity contribution is 0.237. The summed E-state index contributed by atoms with van der Waals surface area (Å²) >= 11 is 3.57. The zero-order valence-corrected chi connectivity index (χ0v) is 14.8. The van der Waals surface area contributed by atoms with E-state index in [2.05, 4.69) is 55.8 Å². The number of rotatable bonds is 8. The van der Waals surface area contributed by atoms with Crippen molar-refractivity contribution < 1.29 is 4.74 Å². The average molecular weight is 342 g/mol. The minimum absolute atomic E-state index is 0.194. The molecule has 20 heavy (non-hydrogen) atoms. The van der Waals surface area contributed by atoms with E-state index in [1.807, 2.05) is 0 Å². The second kappa shape index (κ2) is 8.68. The highest BCUT2D eigenvalue weighted by atomic mass is 79.9. The molecule has 1 rings (SSSR count). The summed E-state index contributed by atoms with van der Waals surface area (Å²) < 4.78 is 7.24. The first-order valence-corrected chi connectivity index (χ1v) is 8.48. The third-order valence-corrected chi connectivity index (χ3v) is 4.40. The molecular formula is C17H28BrNO. The van der Waals surface area contributed by atoms with Crippen LogP contribution in [0.2, 0.25) is 0 Å². The molecule has 0 bridgehead atoms. The molecule has 114 valence electrons. The highest BCUT2D eigenvalue weighted by molar-refractivity contribution is 9.10. The van der Waals surface area contributed by atoms with E-state index in [0.717, 1.165) is 42.5 Å². The summed E-state index contributed by atoms with van der Waals surface area (Å²) in [6.45, 7) is 9.47. The van der Waals surface area contributed by atoms with Gasteiger partial charge in [0.05, 0.1) is 6.61 Å². The molecule has 0 spiro atoms. The number of hydrogen-bond acceptors (Lipinski definition) is 2. The molecule has 1 unspecified atom stereocenters. The predicted molar refractivity (Wildman–Crippen MR) is 90.4 cm³/mol. The van der Waals surface area contributed by atoms with Crippen LogP contribution in [0.1, 0.15) is 51.2 Å². The van der Waals surface area contributed by atoms with Gasteiger partial charge in [0.2, 0.25) is 0 Å². The third kappa shape index (κ3) is 5.10. The quantitative estimate of drug-likeness (QED) is 0.733. The van der Waals surface area contributed by atoms with Gasteiger partial charge in [-0.1, -0.05) is 49.5 Å². The van der Waals surface area contributed by atoms with Gasteiger partial charge in [-0.25, -0.2) is 0 Å². The summed E-state index contributed by atoms with van der Waals surface area (Å²) in [6.07, 6.45) is 4.18. The standard InChI is InChI=1S/C17H28BrNO/c1-5-13(6-2)11-20-17-12(4)8-15(18)9-14(17)10-16(19)7-3/h8-9,13,16H,5-7,10-11,19H2,1-4H3. The van der Waals surface area contributed by atoms with Crippen LogP contribution < -0.4 is 10.5 Å². The van der Waals surface area contributed by atoms with E-state index >= 15 is 0 Å². The second-order valence-electron chi connectivity index (χ2n) is 5.58. The molecule has 0 radical (unpaired) electrons.